The number of amides is 2. The van der Waals surface area contributed by atoms with Gasteiger partial charge in [-0.05, 0) is 36.8 Å². The van der Waals surface area contributed by atoms with E-state index < -0.39 is 16.7 Å². The highest BCUT2D eigenvalue weighted by Gasteiger charge is 2.14. The number of aryl methyl sites for hydroxylation is 1. The van der Waals surface area contributed by atoms with Gasteiger partial charge in [-0.25, -0.2) is 0 Å². The van der Waals surface area contributed by atoms with Gasteiger partial charge in [0, 0.05) is 33.7 Å². The lowest BCUT2D eigenvalue weighted by Crippen LogP contribution is -2.42. The third-order valence-electron chi connectivity index (χ3n) is 3.94. The Labute approximate surface area is 158 Å². The standard InChI is InChI=1S/C18H14ClN3O5/c1-10-6-16-14(8-15(10)19)12(9-27-16)7-17(23)20-21-18(24)11-2-4-13(5-3-11)22(25)26/h2-6,8-9H,7H2,1H3,(H,20,23)(H,21,24). The highest BCUT2D eigenvalue weighted by Crippen LogP contribution is 2.27. The third-order valence-corrected chi connectivity index (χ3v) is 4.35. The fraction of sp³-hybridized carbons (Fsp3) is 0.111. The molecule has 2 N–H and O–H groups in total. The summed E-state index contributed by atoms with van der Waals surface area (Å²) < 4.78 is 5.43. The minimum atomic E-state index is -0.589. The molecule has 0 aliphatic rings. The molecule has 0 aliphatic heterocycles. The summed E-state index contributed by atoms with van der Waals surface area (Å²) in [4.78, 5) is 34.1. The monoisotopic (exact) mass is 387 g/mol. The molecule has 1 aromatic heterocycles. The molecule has 0 fully saturated rings. The molecule has 0 radical (unpaired) electrons. The number of hydrazine groups is 1. The van der Waals surface area contributed by atoms with Gasteiger partial charge in [0.1, 0.15) is 5.58 Å². The number of non-ortho nitro benzene ring substituents is 1. The number of nitro benzene ring substituents is 1. The van der Waals surface area contributed by atoms with Crippen LogP contribution in [0.5, 0.6) is 0 Å². The fourth-order valence-electron chi connectivity index (χ4n) is 2.49. The van der Waals surface area contributed by atoms with Gasteiger partial charge in [-0.2, -0.15) is 0 Å². The number of furan rings is 1. The molecule has 8 nitrogen and oxygen atoms in total. The summed E-state index contributed by atoms with van der Waals surface area (Å²) in [5.74, 6) is -1.04. The van der Waals surface area contributed by atoms with Crippen molar-refractivity contribution >= 4 is 40.1 Å². The first-order valence-corrected chi connectivity index (χ1v) is 8.23. The van der Waals surface area contributed by atoms with Crippen molar-refractivity contribution in [1.29, 1.82) is 0 Å². The van der Waals surface area contributed by atoms with Crippen LogP contribution in [0.1, 0.15) is 21.5 Å². The Morgan fingerprint density at radius 1 is 1.19 bits per heavy atom. The average Bonchev–Trinajstić information content (AvgIpc) is 3.01. The summed E-state index contributed by atoms with van der Waals surface area (Å²) in [7, 11) is 0. The van der Waals surface area contributed by atoms with Crippen LogP contribution in [-0.4, -0.2) is 16.7 Å². The van der Waals surface area contributed by atoms with Gasteiger partial charge in [0.25, 0.3) is 11.6 Å². The first-order chi connectivity index (χ1) is 12.8. The van der Waals surface area contributed by atoms with Crippen LogP contribution in [0.25, 0.3) is 11.0 Å². The molecule has 2 aromatic carbocycles. The van der Waals surface area contributed by atoms with Gasteiger partial charge in [-0.3, -0.25) is 30.6 Å². The number of fused-ring (bicyclic) bond motifs is 1. The van der Waals surface area contributed by atoms with Crippen molar-refractivity contribution in [1.82, 2.24) is 10.9 Å². The van der Waals surface area contributed by atoms with Crippen molar-refractivity contribution in [2.24, 2.45) is 0 Å². The quantitative estimate of drug-likeness (QED) is 0.526. The number of nitrogens with one attached hydrogen (secondary N) is 2. The highest BCUT2D eigenvalue weighted by atomic mass is 35.5. The number of hydrogen-bond acceptors (Lipinski definition) is 5. The molecule has 27 heavy (non-hydrogen) atoms. The molecule has 3 aromatic rings. The predicted octanol–water partition coefficient (Wildman–Crippen LogP) is 3.31. The first kappa shape index (κ1) is 18.4. The molecule has 2 amide bonds. The molecule has 0 bridgehead atoms. The number of nitrogens with zero attached hydrogens (tertiary/aromatic N) is 1. The SMILES string of the molecule is Cc1cc2occ(CC(=O)NNC(=O)c3ccc([N+](=O)[O-])cc3)c2cc1Cl. The van der Waals surface area contributed by atoms with E-state index in [1.54, 1.807) is 12.1 Å². The van der Waals surface area contributed by atoms with Crippen LogP contribution in [0.3, 0.4) is 0 Å². The van der Waals surface area contributed by atoms with E-state index >= 15 is 0 Å². The highest BCUT2D eigenvalue weighted by molar-refractivity contribution is 6.32. The first-order valence-electron chi connectivity index (χ1n) is 7.85. The molecule has 0 unspecified atom stereocenters. The van der Waals surface area contributed by atoms with Gasteiger partial charge < -0.3 is 4.42 Å². The van der Waals surface area contributed by atoms with Crippen LogP contribution in [0.15, 0.2) is 47.1 Å². The van der Waals surface area contributed by atoms with Crippen molar-refractivity contribution in [3.63, 3.8) is 0 Å². The average molecular weight is 388 g/mol. The minimum Gasteiger partial charge on any atom is -0.464 e. The van der Waals surface area contributed by atoms with Crippen molar-refractivity contribution in [3.8, 4) is 0 Å². The summed E-state index contributed by atoms with van der Waals surface area (Å²) >= 11 is 6.11. The number of hydrogen-bond donors (Lipinski definition) is 2. The normalized spacial score (nSPS) is 10.6. The number of nitro groups is 1. The number of rotatable bonds is 4. The van der Waals surface area contributed by atoms with Crippen LogP contribution in [0.4, 0.5) is 5.69 Å². The molecule has 9 heteroatoms. The Morgan fingerprint density at radius 2 is 1.89 bits per heavy atom. The van der Waals surface area contributed by atoms with Gasteiger partial charge >= 0.3 is 0 Å². The molecular formula is C18H14ClN3O5. The molecule has 0 spiro atoms. The van der Waals surface area contributed by atoms with E-state index in [4.69, 9.17) is 16.0 Å². The van der Waals surface area contributed by atoms with E-state index in [1.165, 1.54) is 30.5 Å². The lowest BCUT2D eigenvalue weighted by atomic mass is 10.1. The Morgan fingerprint density at radius 3 is 2.56 bits per heavy atom. The molecule has 0 saturated carbocycles. The number of halogens is 1. The Balaban J connectivity index is 1.62. The van der Waals surface area contributed by atoms with Gasteiger partial charge in [-0.15, -0.1) is 0 Å². The molecule has 0 atom stereocenters. The maximum atomic E-state index is 12.1. The van der Waals surface area contributed by atoms with Gasteiger partial charge in [0.15, 0.2) is 0 Å². The fourth-order valence-corrected chi connectivity index (χ4v) is 2.65. The lowest BCUT2D eigenvalue weighted by molar-refractivity contribution is -0.384. The zero-order chi connectivity index (χ0) is 19.6. The number of carbonyl (C=O) groups is 2. The van der Waals surface area contributed by atoms with E-state index in [-0.39, 0.29) is 17.7 Å². The maximum absolute atomic E-state index is 12.1. The van der Waals surface area contributed by atoms with Crippen molar-refractivity contribution in [2.45, 2.75) is 13.3 Å². The van der Waals surface area contributed by atoms with Crippen LogP contribution in [0, 0.1) is 17.0 Å². The van der Waals surface area contributed by atoms with E-state index in [0.717, 1.165) is 10.9 Å². The van der Waals surface area contributed by atoms with E-state index in [0.29, 0.717) is 16.2 Å². The second kappa shape index (κ2) is 7.46. The van der Waals surface area contributed by atoms with Crippen LogP contribution < -0.4 is 10.9 Å². The Kier molecular flexibility index (Phi) is 5.09. The van der Waals surface area contributed by atoms with E-state index in [9.17, 15) is 19.7 Å². The zero-order valence-electron chi connectivity index (χ0n) is 14.1. The Bertz CT molecular complexity index is 1040. The van der Waals surface area contributed by atoms with Gasteiger partial charge in [0.2, 0.25) is 5.91 Å². The Hall–Kier alpha value is -3.39. The number of carbonyl (C=O) groups excluding carboxylic acids is 2. The van der Waals surface area contributed by atoms with Crippen LogP contribution >= 0.6 is 11.6 Å². The molecular weight excluding hydrogens is 374 g/mol. The summed E-state index contributed by atoms with van der Waals surface area (Å²) in [6.45, 7) is 1.85. The predicted molar refractivity (Wildman–Crippen MR) is 98.4 cm³/mol. The van der Waals surface area contributed by atoms with Crippen molar-refractivity contribution in [2.75, 3.05) is 0 Å². The molecule has 0 aliphatic carbocycles. The molecule has 138 valence electrons. The minimum absolute atomic E-state index is 0.0209. The van der Waals surface area contributed by atoms with Crippen molar-refractivity contribution in [3.05, 3.63) is 74.5 Å². The summed E-state index contributed by atoms with van der Waals surface area (Å²) in [5.41, 5.74) is 6.73. The van der Waals surface area contributed by atoms with E-state index in [1.807, 2.05) is 6.92 Å². The zero-order valence-corrected chi connectivity index (χ0v) is 14.9. The number of benzene rings is 2. The summed E-state index contributed by atoms with van der Waals surface area (Å²) in [6, 6.07) is 8.53. The van der Waals surface area contributed by atoms with Crippen molar-refractivity contribution < 1.29 is 18.9 Å². The van der Waals surface area contributed by atoms with Crippen LogP contribution in [0.2, 0.25) is 5.02 Å². The van der Waals surface area contributed by atoms with Gasteiger partial charge in [-0.1, -0.05) is 11.6 Å². The van der Waals surface area contributed by atoms with Crippen LogP contribution in [-0.2, 0) is 11.2 Å². The smallest absolute Gasteiger partial charge is 0.269 e. The molecule has 3 rings (SSSR count). The third kappa shape index (κ3) is 4.06. The van der Waals surface area contributed by atoms with E-state index in [2.05, 4.69) is 10.9 Å². The topological polar surface area (TPSA) is 114 Å². The summed E-state index contributed by atoms with van der Waals surface area (Å²) in [6.07, 6.45) is 1.45. The van der Waals surface area contributed by atoms with Gasteiger partial charge in [0.05, 0.1) is 17.6 Å². The molecule has 0 saturated heterocycles. The lowest BCUT2D eigenvalue weighted by Gasteiger charge is -2.07. The second-order valence-corrected chi connectivity index (χ2v) is 6.25. The largest absolute Gasteiger partial charge is 0.464 e. The maximum Gasteiger partial charge on any atom is 0.269 e. The molecule has 1 heterocycles. The second-order valence-electron chi connectivity index (χ2n) is 5.84. The summed E-state index contributed by atoms with van der Waals surface area (Å²) in [5, 5.41) is 11.9.